The van der Waals surface area contributed by atoms with Gasteiger partial charge in [-0.2, -0.15) is 0 Å². The van der Waals surface area contributed by atoms with Crippen molar-refractivity contribution in [3.8, 4) is 0 Å². The van der Waals surface area contributed by atoms with Gasteiger partial charge in [0.25, 0.3) is 10.0 Å². The third-order valence-corrected chi connectivity index (χ3v) is 6.32. The quantitative estimate of drug-likeness (QED) is 0.703. The molecule has 1 aromatic heterocycles. The third-order valence-electron chi connectivity index (χ3n) is 4.71. The van der Waals surface area contributed by atoms with Crippen molar-refractivity contribution in [3.63, 3.8) is 0 Å². The lowest BCUT2D eigenvalue weighted by Crippen LogP contribution is -2.45. The van der Waals surface area contributed by atoms with Crippen LogP contribution in [0.3, 0.4) is 0 Å². The van der Waals surface area contributed by atoms with Crippen molar-refractivity contribution in [1.82, 2.24) is 14.9 Å². The van der Waals surface area contributed by atoms with Crippen LogP contribution in [0, 0.1) is 0 Å². The molecule has 1 N–H and O–H groups in total. The molecular weight excluding hydrogens is 398 g/mol. The zero-order valence-corrected chi connectivity index (χ0v) is 16.9. The average Bonchev–Trinajstić information content (AvgIpc) is 2.68. The number of benzene rings is 2. The van der Waals surface area contributed by atoms with E-state index in [9.17, 15) is 8.42 Å². The fourth-order valence-electron chi connectivity index (χ4n) is 3.10. The molecule has 0 saturated carbocycles. The third kappa shape index (κ3) is 3.89. The summed E-state index contributed by atoms with van der Waals surface area (Å²) in [5.41, 5.74) is 1.36. The lowest BCUT2D eigenvalue weighted by molar-refractivity contribution is 0.312. The number of hydrogen-bond donors (Lipinski definition) is 1. The van der Waals surface area contributed by atoms with E-state index in [0.29, 0.717) is 16.4 Å². The minimum absolute atomic E-state index is 0.121. The fraction of sp³-hybridized carbons (Fsp3) is 0.263. The molecule has 0 radical (unpaired) electrons. The summed E-state index contributed by atoms with van der Waals surface area (Å²) in [4.78, 5) is 13.7. The molecule has 0 unspecified atom stereocenters. The van der Waals surface area contributed by atoms with Gasteiger partial charge in [0.1, 0.15) is 0 Å². The van der Waals surface area contributed by atoms with Gasteiger partial charge >= 0.3 is 0 Å². The summed E-state index contributed by atoms with van der Waals surface area (Å²) in [5, 5.41) is 0.475. The van der Waals surface area contributed by atoms with Crippen LogP contribution in [0.2, 0.25) is 5.02 Å². The largest absolute Gasteiger partial charge is 0.351 e. The van der Waals surface area contributed by atoms with Crippen LogP contribution < -0.4 is 9.62 Å². The maximum absolute atomic E-state index is 12.9. The van der Waals surface area contributed by atoms with Gasteiger partial charge in [-0.25, -0.2) is 18.4 Å². The van der Waals surface area contributed by atoms with Crippen molar-refractivity contribution in [2.45, 2.75) is 4.90 Å². The smallest absolute Gasteiger partial charge is 0.263 e. The highest BCUT2D eigenvalue weighted by atomic mass is 35.5. The molecule has 28 heavy (non-hydrogen) atoms. The number of rotatable bonds is 4. The van der Waals surface area contributed by atoms with Crippen LogP contribution in [0.15, 0.2) is 53.4 Å². The first-order chi connectivity index (χ1) is 13.4. The first-order valence-electron chi connectivity index (χ1n) is 8.91. The molecule has 0 amide bonds. The van der Waals surface area contributed by atoms with Crippen molar-refractivity contribution in [1.29, 1.82) is 0 Å². The SMILES string of the molecule is CN1CCN(c2nc3ccccc3nc2NS(=O)(=O)c2ccc(Cl)cc2)CC1. The van der Waals surface area contributed by atoms with Gasteiger partial charge in [-0.3, -0.25) is 4.72 Å². The van der Waals surface area contributed by atoms with Gasteiger partial charge in [0.05, 0.1) is 15.9 Å². The minimum atomic E-state index is -3.82. The molecule has 1 fully saturated rings. The van der Waals surface area contributed by atoms with Crippen molar-refractivity contribution < 1.29 is 8.42 Å². The predicted molar refractivity (Wildman–Crippen MR) is 112 cm³/mol. The summed E-state index contributed by atoms with van der Waals surface area (Å²) < 4.78 is 28.4. The summed E-state index contributed by atoms with van der Waals surface area (Å²) in [6.45, 7) is 3.24. The average molecular weight is 418 g/mol. The summed E-state index contributed by atoms with van der Waals surface area (Å²) in [6.07, 6.45) is 0. The molecule has 0 atom stereocenters. The Bertz CT molecular complexity index is 1100. The summed E-state index contributed by atoms with van der Waals surface area (Å²) >= 11 is 5.88. The van der Waals surface area contributed by atoms with Crippen molar-refractivity contribution in [2.75, 3.05) is 42.8 Å². The first-order valence-corrected chi connectivity index (χ1v) is 10.8. The zero-order valence-electron chi connectivity index (χ0n) is 15.3. The second kappa shape index (κ2) is 7.54. The van der Waals surface area contributed by atoms with Crippen LogP contribution in [-0.4, -0.2) is 56.5 Å². The number of piperazine rings is 1. The van der Waals surface area contributed by atoms with Crippen LogP contribution in [0.25, 0.3) is 11.0 Å². The van der Waals surface area contributed by atoms with E-state index < -0.39 is 10.0 Å². The van der Waals surface area contributed by atoms with E-state index in [2.05, 4.69) is 26.6 Å². The van der Waals surface area contributed by atoms with Gasteiger partial charge in [-0.1, -0.05) is 23.7 Å². The van der Waals surface area contributed by atoms with E-state index in [1.807, 2.05) is 24.3 Å². The molecule has 146 valence electrons. The number of sulfonamides is 1. The first kappa shape index (κ1) is 18.9. The Balaban J connectivity index is 1.76. The number of hydrogen-bond acceptors (Lipinski definition) is 6. The van der Waals surface area contributed by atoms with Crippen LogP contribution in [-0.2, 0) is 10.0 Å². The maximum atomic E-state index is 12.9. The summed E-state index contributed by atoms with van der Waals surface area (Å²) in [5.74, 6) is 0.780. The summed E-state index contributed by atoms with van der Waals surface area (Å²) in [7, 11) is -1.76. The number of halogens is 1. The van der Waals surface area contributed by atoms with E-state index in [1.165, 1.54) is 12.1 Å². The van der Waals surface area contributed by atoms with Crippen molar-refractivity contribution >= 4 is 44.3 Å². The lowest BCUT2D eigenvalue weighted by atomic mass is 10.3. The minimum Gasteiger partial charge on any atom is -0.351 e. The number of fused-ring (bicyclic) bond motifs is 1. The van der Waals surface area contributed by atoms with E-state index in [0.717, 1.165) is 31.7 Å². The Kier molecular flexibility index (Phi) is 5.09. The Morgan fingerprint density at radius 2 is 1.54 bits per heavy atom. The highest BCUT2D eigenvalue weighted by Crippen LogP contribution is 2.28. The second-order valence-corrected chi connectivity index (χ2v) is 8.85. The molecule has 9 heteroatoms. The Morgan fingerprint density at radius 1 is 0.929 bits per heavy atom. The number of anilines is 2. The Hall–Kier alpha value is -2.42. The molecule has 1 aliphatic rings. The van der Waals surface area contributed by atoms with Crippen molar-refractivity contribution in [2.24, 2.45) is 0 Å². The maximum Gasteiger partial charge on any atom is 0.263 e. The molecule has 0 aliphatic carbocycles. The molecule has 7 nitrogen and oxygen atoms in total. The number of nitrogens with zero attached hydrogens (tertiary/aromatic N) is 4. The number of para-hydroxylation sites is 2. The predicted octanol–water partition coefficient (Wildman–Crippen LogP) is 2.84. The normalized spacial score (nSPS) is 15.7. The van der Waals surface area contributed by atoms with E-state index in [1.54, 1.807) is 12.1 Å². The van der Waals surface area contributed by atoms with E-state index >= 15 is 0 Å². The zero-order chi connectivity index (χ0) is 19.7. The number of aromatic nitrogens is 2. The van der Waals surface area contributed by atoms with Gasteiger partial charge < -0.3 is 9.80 Å². The topological polar surface area (TPSA) is 78.4 Å². The van der Waals surface area contributed by atoms with Gasteiger partial charge in [0.15, 0.2) is 11.6 Å². The van der Waals surface area contributed by atoms with Gasteiger partial charge in [0, 0.05) is 31.2 Å². The molecule has 0 bridgehead atoms. The molecule has 1 aliphatic heterocycles. The molecular formula is C19H20ClN5O2S. The molecule has 3 aromatic rings. The Morgan fingerprint density at radius 3 is 2.18 bits per heavy atom. The lowest BCUT2D eigenvalue weighted by Gasteiger charge is -2.34. The van der Waals surface area contributed by atoms with Crippen LogP contribution in [0.4, 0.5) is 11.6 Å². The molecule has 0 spiro atoms. The number of nitrogens with one attached hydrogen (secondary N) is 1. The molecule has 1 saturated heterocycles. The van der Waals surface area contributed by atoms with E-state index in [4.69, 9.17) is 16.6 Å². The van der Waals surface area contributed by atoms with Gasteiger partial charge in [0.2, 0.25) is 0 Å². The van der Waals surface area contributed by atoms with Gasteiger partial charge in [-0.15, -0.1) is 0 Å². The standard InChI is InChI=1S/C19H20ClN5O2S/c1-24-10-12-25(13-11-24)19-18(21-16-4-2-3-5-17(16)22-19)23-28(26,27)15-8-6-14(20)7-9-15/h2-9H,10-13H2,1H3,(H,21,23). The van der Waals surface area contributed by atoms with Crippen LogP contribution in [0.1, 0.15) is 0 Å². The highest BCUT2D eigenvalue weighted by molar-refractivity contribution is 7.92. The summed E-state index contributed by atoms with van der Waals surface area (Å²) in [6, 6.07) is 13.5. The van der Waals surface area contributed by atoms with Crippen molar-refractivity contribution in [3.05, 3.63) is 53.6 Å². The number of likely N-dealkylation sites (N-methyl/N-ethyl adjacent to an activating group) is 1. The molecule has 2 aromatic carbocycles. The fourth-order valence-corrected chi connectivity index (χ4v) is 4.23. The monoisotopic (exact) mass is 417 g/mol. The second-order valence-electron chi connectivity index (χ2n) is 6.73. The van der Waals surface area contributed by atoms with Crippen LogP contribution in [0.5, 0.6) is 0 Å². The molecule has 4 rings (SSSR count). The van der Waals surface area contributed by atoms with E-state index in [-0.39, 0.29) is 10.7 Å². The van der Waals surface area contributed by atoms with Crippen LogP contribution >= 0.6 is 11.6 Å². The Labute approximate surface area is 169 Å². The van der Waals surface area contributed by atoms with Gasteiger partial charge in [-0.05, 0) is 43.4 Å². The molecule has 2 heterocycles. The highest BCUT2D eigenvalue weighted by Gasteiger charge is 2.24.